The summed E-state index contributed by atoms with van der Waals surface area (Å²) in [6, 6.07) is 9.31. The van der Waals surface area contributed by atoms with Gasteiger partial charge in [-0.3, -0.25) is 19.1 Å². The monoisotopic (exact) mass is 424 g/mol. The smallest absolute Gasteiger partial charge is 0.330 e. The molecule has 0 unspecified atom stereocenters. The minimum atomic E-state index is -0.673. The van der Waals surface area contributed by atoms with Gasteiger partial charge in [0.15, 0.2) is 5.69 Å². The molecule has 0 atom stereocenters. The summed E-state index contributed by atoms with van der Waals surface area (Å²) in [4.78, 5) is 46.3. The number of hydrogen-bond donors (Lipinski definition) is 2. The number of rotatable bonds is 9. The van der Waals surface area contributed by atoms with Crippen LogP contribution in [0.2, 0.25) is 0 Å². The Kier molecular flexibility index (Phi) is 7.07. The number of carbonyl (C=O) groups excluding carboxylic acids is 1. The predicted molar refractivity (Wildman–Crippen MR) is 120 cm³/mol. The van der Waals surface area contributed by atoms with E-state index in [1.165, 1.54) is 9.47 Å². The maximum Gasteiger partial charge on any atom is 0.330 e. The van der Waals surface area contributed by atoms with Crippen molar-refractivity contribution in [3.05, 3.63) is 75.0 Å². The second-order valence-electron chi connectivity index (χ2n) is 7.33. The van der Waals surface area contributed by atoms with E-state index in [0.717, 1.165) is 24.2 Å². The third-order valence-electron chi connectivity index (χ3n) is 5.00. The van der Waals surface area contributed by atoms with Gasteiger partial charge < -0.3 is 15.2 Å². The Bertz CT molecular complexity index is 1150. The fourth-order valence-corrected chi connectivity index (χ4v) is 3.51. The molecule has 9 heteroatoms. The van der Waals surface area contributed by atoms with Crippen molar-refractivity contribution in [3.8, 4) is 0 Å². The third-order valence-corrected chi connectivity index (χ3v) is 5.00. The average Bonchev–Trinajstić information content (AvgIpc) is 3.18. The fraction of sp³-hybridized carbons (Fsp3) is 0.364. The highest BCUT2D eigenvalue weighted by Crippen LogP contribution is 2.19. The fourth-order valence-electron chi connectivity index (χ4n) is 3.51. The van der Waals surface area contributed by atoms with Gasteiger partial charge in [0.1, 0.15) is 18.2 Å². The molecule has 1 amide bonds. The molecule has 31 heavy (non-hydrogen) atoms. The van der Waals surface area contributed by atoms with Gasteiger partial charge in [0, 0.05) is 25.4 Å². The highest BCUT2D eigenvalue weighted by Gasteiger charge is 2.24. The van der Waals surface area contributed by atoms with E-state index in [1.54, 1.807) is 17.0 Å². The van der Waals surface area contributed by atoms with E-state index in [-0.39, 0.29) is 30.5 Å². The highest BCUT2D eigenvalue weighted by atomic mass is 16.2. The largest absolute Gasteiger partial charge is 0.383 e. The second-order valence-corrected chi connectivity index (χ2v) is 7.33. The Hall–Kier alpha value is -3.62. The summed E-state index contributed by atoms with van der Waals surface area (Å²) in [5.74, 6) is 0.487. The summed E-state index contributed by atoms with van der Waals surface area (Å²) in [7, 11) is 0. The number of nitrogens with zero attached hydrogens (tertiary/aromatic N) is 4. The van der Waals surface area contributed by atoms with Crippen LogP contribution in [0.15, 0.2) is 52.3 Å². The Morgan fingerprint density at radius 1 is 1.16 bits per heavy atom. The standard InChI is InChI=1S/C22H28N6O3/c1-3-8-17-24-11-13-26(17)15-18(29)27(12-4-2)19-20(23)28(22(31)25-21(19)30)14-16-9-6-5-7-10-16/h5-7,9-11,13H,3-4,8,12,14-15,23H2,1-2H3,(H,25,30,31). The van der Waals surface area contributed by atoms with Crippen LogP contribution in [-0.4, -0.2) is 31.6 Å². The lowest BCUT2D eigenvalue weighted by atomic mass is 10.2. The lowest BCUT2D eigenvalue weighted by Gasteiger charge is -2.24. The van der Waals surface area contributed by atoms with Crippen LogP contribution in [0.5, 0.6) is 0 Å². The van der Waals surface area contributed by atoms with E-state index in [0.29, 0.717) is 13.0 Å². The van der Waals surface area contributed by atoms with Gasteiger partial charge >= 0.3 is 5.69 Å². The SMILES string of the molecule is CCCc1nccn1CC(=O)N(CCC)c1c(N)n(Cc2ccccc2)c(=O)[nH]c1=O. The molecule has 0 spiro atoms. The van der Waals surface area contributed by atoms with Crippen LogP contribution < -0.4 is 21.9 Å². The molecule has 164 valence electrons. The maximum absolute atomic E-state index is 13.2. The van der Waals surface area contributed by atoms with E-state index in [1.807, 2.05) is 44.2 Å². The number of imidazole rings is 1. The first-order valence-corrected chi connectivity index (χ1v) is 10.4. The summed E-state index contributed by atoms with van der Waals surface area (Å²) >= 11 is 0. The van der Waals surface area contributed by atoms with E-state index >= 15 is 0 Å². The number of aromatic nitrogens is 4. The molecule has 0 aliphatic rings. The van der Waals surface area contributed by atoms with E-state index in [4.69, 9.17) is 5.73 Å². The van der Waals surface area contributed by atoms with Gasteiger partial charge in [-0.1, -0.05) is 44.2 Å². The molecule has 0 bridgehead atoms. The zero-order valence-corrected chi connectivity index (χ0v) is 17.9. The number of hydrogen-bond acceptors (Lipinski definition) is 5. The Balaban J connectivity index is 1.99. The molecule has 0 aliphatic heterocycles. The summed E-state index contributed by atoms with van der Waals surface area (Å²) < 4.78 is 3.06. The van der Waals surface area contributed by atoms with Crippen LogP contribution in [0.1, 0.15) is 38.1 Å². The second kappa shape index (κ2) is 9.92. The number of H-pyrrole nitrogens is 1. The van der Waals surface area contributed by atoms with E-state index in [2.05, 4.69) is 9.97 Å². The number of anilines is 2. The molecule has 3 aromatic rings. The average molecular weight is 425 g/mol. The summed E-state index contributed by atoms with van der Waals surface area (Å²) in [5, 5.41) is 0. The first-order valence-electron chi connectivity index (χ1n) is 10.4. The van der Waals surface area contributed by atoms with Gasteiger partial charge in [-0.2, -0.15) is 0 Å². The van der Waals surface area contributed by atoms with Crippen molar-refractivity contribution in [1.29, 1.82) is 0 Å². The molecule has 9 nitrogen and oxygen atoms in total. The van der Waals surface area contributed by atoms with Crippen LogP contribution in [0, 0.1) is 0 Å². The zero-order chi connectivity index (χ0) is 22.4. The van der Waals surface area contributed by atoms with Gasteiger partial charge in [-0.25, -0.2) is 9.78 Å². The molecule has 0 radical (unpaired) electrons. The molecule has 0 saturated heterocycles. The molecular weight excluding hydrogens is 396 g/mol. The molecule has 3 N–H and O–H groups in total. The number of amides is 1. The molecule has 1 aromatic carbocycles. The molecule has 2 aromatic heterocycles. The number of aromatic amines is 1. The molecule has 0 aliphatic carbocycles. The summed E-state index contributed by atoms with van der Waals surface area (Å²) in [5.41, 5.74) is 5.85. The van der Waals surface area contributed by atoms with Crippen LogP contribution in [0.25, 0.3) is 0 Å². The summed E-state index contributed by atoms with van der Waals surface area (Å²) in [6.45, 7) is 4.47. The van der Waals surface area contributed by atoms with Crippen molar-refractivity contribution >= 4 is 17.4 Å². The van der Waals surface area contributed by atoms with E-state index < -0.39 is 11.2 Å². The quantitative estimate of drug-likeness (QED) is 0.542. The maximum atomic E-state index is 13.2. The lowest BCUT2D eigenvalue weighted by molar-refractivity contribution is -0.119. The topological polar surface area (TPSA) is 119 Å². The number of benzene rings is 1. The summed E-state index contributed by atoms with van der Waals surface area (Å²) in [6.07, 6.45) is 5.68. The molecule has 3 rings (SSSR count). The normalized spacial score (nSPS) is 10.9. The lowest BCUT2D eigenvalue weighted by Crippen LogP contribution is -2.42. The number of carbonyl (C=O) groups is 1. The molecule has 2 heterocycles. The van der Waals surface area contributed by atoms with Crippen LogP contribution in [0.3, 0.4) is 0 Å². The molecular formula is C22H28N6O3. The third kappa shape index (κ3) is 4.93. The number of nitrogens with two attached hydrogens (primary N) is 1. The Morgan fingerprint density at radius 3 is 2.58 bits per heavy atom. The van der Waals surface area contributed by atoms with Crippen molar-refractivity contribution in [1.82, 2.24) is 19.1 Å². The Labute approximate surface area is 180 Å². The van der Waals surface area contributed by atoms with Gasteiger partial charge in [0.25, 0.3) is 5.56 Å². The van der Waals surface area contributed by atoms with Crippen molar-refractivity contribution in [2.45, 2.75) is 46.2 Å². The molecule has 0 fully saturated rings. The zero-order valence-electron chi connectivity index (χ0n) is 17.9. The van der Waals surface area contributed by atoms with Crippen molar-refractivity contribution < 1.29 is 4.79 Å². The van der Waals surface area contributed by atoms with Gasteiger partial charge in [0.05, 0.1) is 6.54 Å². The Morgan fingerprint density at radius 2 is 1.90 bits per heavy atom. The van der Waals surface area contributed by atoms with E-state index in [9.17, 15) is 14.4 Å². The number of aryl methyl sites for hydroxylation is 1. The first kappa shape index (κ1) is 22.1. The highest BCUT2D eigenvalue weighted by molar-refractivity contribution is 5.95. The minimum absolute atomic E-state index is 0.000428. The van der Waals surface area contributed by atoms with Crippen molar-refractivity contribution in [2.75, 3.05) is 17.2 Å². The van der Waals surface area contributed by atoms with Crippen LogP contribution >= 0.6 is 0 Å². The number of nitrogens with one attached hydrogen (secondary N) is 1. The number of nitrogen functional groups attached to an aromatic ring is 1. The van der Waals surface area contributed by atoms with Crippen LogP contribution in [0.4, 0.5) is 11.5 Å². The predicted octanol–water partition coefficient (Wildman–Crippen LogP) is 1.76. The van der Waals surface area contributed by atoms with Crippen molar-refractivity contribution in [3.63, 3.8) is 0 Å². The van der Waals surface area contributed by atoms with Crippen LogP contribution in [-0.2, 0) is 24.3 Å². The van der Waals surface area contributed by atoms with Gasteiger partial charge in [0.2, 0.25) is 5.91 Å². The minimum Gasteiger partial charge on any atom is -0.383 e. The van der Waals surface area contributed by atoms with Gasteiger partial charge in [-0.05, 0) is 18.4 Å². The first-order chi connectivity index (χ1) is 15.0. The molecule has 0 saturated carbocycles. The van der Waals surface area contributed by atoms with Crippen molar-refractivity contribution in [2.24, 2.45) is 0 Å². The van der Waals surface area contributed by atoms with Gasteiger partial charge in [-0.15, -0.1) is 0 Å².